The van der Waals surface area contributed by atoms with Crippen molar-refractivity contribution in [2.24, 2.45) is 56.7 Å². The molecule has 4 fully saturated rings. The van der Waals surface area contributed by atoms with E-state index in [9.17, 15) is 19.6 Å². The van der Waals surface area contributed by atoms with E-state index in [1.165, 1.54) is 0 Å². The predicted octanol–water partition coefficient (Wildman–Crippen LogP) is 6.66. The minimum absolute atomic E-state index is 0.0112. The number of halogens is 1. The molecule has 0 aliphatic heterocycles. The van der Waals surface area contributed by atoms with Gasteiger partial charge in [-0.05, 0) is 96.0 Å². The number of allylic oxidation sites excluding steroid dienone is 2. The van der Waals surface area contributed by atoms with Crippen LogP contribution in [-0.4, -0.2) is 16.8 Å². The van der Waals surface area contributed by atoms with Crippen molar-refractivity contribution in [2.45, 2.75) is 92.9 Å². The molecule has 0 N–H and O–H groups in total. The topological polar surface area (TPSA) is 75.0 Å². The summed E-state index contributed by atoms with van der Waals surface area (Å²) in [5.74, 6) is 0.0908. The highest BCUT2D eigenvalue weighted by atomic mass is 35.5. The van der Waals surface area contributed by atoms with Crippen molar-refractivity contribution < 1.29 is 14.4 Å². The average molecular weight is 498 g/mol. The fraction of sp³-hybridized carbons (Fsp3) is 0.800. The third-order valence-electron chi connectivity index (χ3n) is 12.5. The predicted molar refractivity (Wildman–Crippen MR) is 135 cm³/mol. The first-order chi connectivity index (χ1) is 16.2. The zero-order chi connectivity index (χ0) is 25.8. The summed E-state index contributed by atoms with van der Waals surface area (Å²) >= 11 is 6.36. The third-order valence-corrected chi connectivity index (χ3v) is 12.9. The Bertz CT molecular complexity index is 1090. The highest BCUT2D eigenvalue weighted by Crippen LogP contribution is 2.75. The number of carbonyl (C=O) groups is 3. The van der Waals surface area contributed by atoms with Gasteiger partial charge in [-0.1, -0.05) is 47.6 Å². The van der Waals surface area contributed by atoms with Gasteiger partial charge in [0.2, 0.25) is 5.24 Å². The molecule has 5 aliphatic rings. The van der Waals surface area contributed by atoms with E-state index >= 15 is 0 Å². The van der Waals surface area contributed by atoms with E-state index < -0.39 is 5.41 Å². The molecule has 4 saturated carbocycles. The van der Waals surface area contributed by atoms with Crippen LogP contribution in [0.5, 0.6) is 0 Å². The molecule has 0 aromatic carbocycles. The lowest BCUT2D eigenvalue weighted by Gasteiger charge is -2.71. The zero-order valence-electron chi connectivity index (χ0n) is 22.2. The minimum Gasteiger partial charge on any atom is -0.299 e. The molecule has 0 saturated heterocycles. The molecule has 0 aromatic heterocycles. The van der Waals surface area contributed by atoms with Gasteiger partial charge in [-0.2, -0.15) is 5.26 Å². The van der Waals surface area contributed by atoms with Crippen molar-refractivity contribution in [1.29, 1.82) is 5.26 Å². The Balaban J connectivity index is 1.64. The van der Waals surface area contributed by atoms with Gasteiger partial charge < -0.3 is 0 Å². The monoisotopic (exact) mass is 497 g/mol. The Morgan fingerprint density at radius 2 is 1.66 bits per heavy atom. The Labute approximate surface area is 215 Å². The van der Waals surface area contributed by atoms with Gasteiger partial charge in [-0.15, -0.1) is 0 Å². The number of Topliss-reactive ketones (excluding diaryl/α,β-unsaturated/α-hetero) is 2. The van der Waals surface area contributed by atoms with Crippen LogP contribution in [0.1, 0.15) is 92.9 Å². The van der Waals surface area contributed by atoms with Crippen LogP contribution in [0.4, 0.5) is 0 Å². The molecule has 4 nitrogen and oxygen atoms in total. The van der Waals surface area contributed by atoms with Gasteiger partial charge in [0.25, 0.3) is 0 Å². The molecular weight excluding hydrogens is 458 g/mol. The van der Waals surface area contributed by atoms with E-state index in [4.69, 9.17) is 11.6 Å². The molecule has 9 atom stereocenters. The zero-order valence-corrected chi connectivity index (χ0v) is 22.9. The van der Waals surface area contributed by atoms with Crippen LogP contribution < -0.4 is 0 Å². The molecule has 0 spiro atoms. The van der Waals surface area contributed by atoms with E-state index in [1.54, 1.807) is 0 Å². The summed E-state index contributed by atoms with van der Waals surface area (Å²) in [4.78, 5) is 40.1. The molecule has 2 unspecified atom stereocenters. The first kappa shape index (κ1) is 25.2. The van der Waals surface area contributed by atoms with Gasteiger partial charge in [-0.3, -0.25) is 14.4 Å². The van der Waals surface area contributed by atoms with Crippen molar-refractivity contribution in [3.63, 3.8) is 0 Å². The average Bonchev–Trinajstić information content (AvgIpc) is 2.77. The van der Waals surface area contributed by atoms with Crippen molar-refractivity contribution in [3.8, 4) is 6.07 Å². The maximum Gasteiger partial charge on any atom is 0.228 e. The van der Waals surface area contributed by atoms with Gasteiger partial charge >= 0.3 is 0 Å². The van der Waals surface area contributed by atoms with Crippen molar-refractivity contribution in [3.05, 3.63) is 11.6 Å². The van der Waals surface area contributed by atoms with E-state index in [2.05, 4.69) is 40.7 Å². The quantitative estimate of drug-likeness (QED) is 0.379. The summed E-state index contributed by atoms with van der Waals surface area (Å²) in [6.45, 7) is 13.4. The molecule has 0 aromatic rings. The lowest BCUT2D eigenvalue weighted by molar-refractivity contribution is -0.216. The van der Waals surface area contributed by atoms with Crippen molar-refractivity contribution in [2.75, 3.05) is 0 Å². The van der Waals surface area contributed by atoms with Crippen LogP contribution in [-0.2, 0) is 14.4 Å². The second kappa shape index (κ2) is 7.53. The molecular formula is C30H40ClNO3. The fourth-order valence-corrected chi connectivity index (χ4v) is 10.6. The number of nitriles is 1. The van der Waals surface area contributed by atoms with E-state index in [-0.39, 0.29) is 73.6 Å². The van der Waals surface area contributed by atoms with Gasteiger partial charge in [0.1, 0.15) is 11.9 Å². The van der Waals surface area contributed by atoms with Crippen LogP contribution in [0.15, 0.2) is 11.6 Å². The lowest BCUT2D eigenvalue weighted by Crippen LogP contribution is -2.68. The van der Waals surface area contributed by atoms with E-state index in [0.717, 1.165) is 44.9 Å². The van der Waals surface area contributed by atoms with Gasteiger partial charge in [-0.25, -0.2) is 0 Å². The second-order valence-electron chi connectivity index (χ2n) is 14.3. The smallest absolute Gasteiger partial charge is 0.228 e. The fourth-order valence-electron chi connectivity index (χ4n) is 10.3. The number of fused-ring (bicyclic) bond motifs is 7. The van der Waals surface area contributed by atoms with E-state index in [0.29, 0.717) is 6.42 Å². The normalized spacial score (nSPS) is 50.6. The molecule has 0 heterocycles. The number of rotatable bonds is 1. The Kier molecular flexibility index (Phi) is 5.42. The van der Waals surface area contributed by atoms with Crippen LogP contribution in [0.3, 0.4) is 0 Å². The number of ketones is 2. The number of carbonyl (C=O) groups excluding carboxylic acids is 3. The summed E-state index contributed by atoms with van der Waals surface area (Å²) < 4.78 is 0. The van der Waals surface area contributed by atoms with Crippen LogP contribution >= 0.6 is 11.6 Å². The van der Waals surface area contributed by atoms with Crippen LogP contribution in [0, 0.1) is 68.0 Å². The minimum atomic E-state index is -0.582. The molecule has 0 bridgehead atoms. The first-order valence-electron chi connectivity index (χ1n) is 13.6. The molecule has 0 radical (unpaired) electrons. The van der Waals surface area contributed by atoms with Gasteiger partial charge in [0, 0.05) is 23.7 Å². The molecule has 0 amide bonds. The largest absolute Gasteiger partial charge is 0.299 e. The first-order valence-corrected chi connectivity index (χ1v) is 13.9. The van der Waals surface area contributed by atoms with Crippen molar-refractivity contribution in [1.82, 2.24) is 0 Å². The van der Waals surface area contributed by atoms with Crippen LogP contribution in [0.2, 0.25) is 0 Å². The molecule has 190 valence electrons. The highest BCUT2D eigenvalue weighted by molar-refractivity contribution is 6.64. The molecule has 5 heteroatoms. The molecule has 5 aliphatic carbocycles. The summed E-state index contributed by atoms with van der Waals surface area (Å²) in [6, 6.07) is 2.17. The lowest BCUT2D eigenvalue weighted by atomic mass is 9.32. The van der Waals surface area contributed by atoms with Gasteiger partial charge in [0.15, 0.2) is 5.78 Å². The maximum absolute atomic E-state index is 14.3. The summed E-state index contributed by atoms with van der Waals surface area (Å²) in [6.07, 6.45) is 8.50. The van der Waals surface area contributed by atoms with Crippen molar-refractivity contribution >= 4 is 28.4 Å². The Morgan fingerprint density at radius 1 is 1.00 bits per heavy atom. The number of hydrogen-bond donors (Lipinski definition) is 0. The van der Waals surface area contributed by atoms with Crippen LogP contribution in [0.25, 0.3) is 0 Å². The molecule has 35 heavy (non-hydrogen) atoms. The SMILES string of the molecule is C[C@@H]1C(=O)C(C#N)=C[C@]2(C)[C@H]3CC(=O)C4C5CC(C)(C)CC[C@]5(C(=O)Cl)CC[C@@]4(C)[C@]3(C)CC[C@@H]12. The number of nitrogens with zero attached hydrogens (tertiary/aromatic N) is 1. The summed E-state index contributed by atoms with van der Waals surface area (Å²) in [7, 11) is 0. The third kappa shape index (κ3) is 3.06. The summed E-state index contributed by atoms with van der Waals surface area (Å²) in [5, 5.41) is 9.50. The Morgan fingerprint density at radius 3 is 2.29 bits per heavy atom. The highest BCUT2D eigenvalue weighted by Gasteiger charge is 2.72. The standard InChI is InChI=1S/C30H40ClNO3/c1-17-19-7-8-28(5)22(27(19,4)14-18(16-32)24(17)34)13-21(33)23-20-15-26(2,3)9-11-30(20,25(31)35)12-10-29(23,28)6/h14,17,19-20,22-23H,7-13,15H2,1-6H3/t17-,19-,20?,22+,23?,27-,28+,29+,30-/m0/s1. The van der Waals surface area contributed by atoms with Gasteiger partial charge in [0.05, 0.1) is 5.57 Å². The second-order valence-corrected chi connectivity index (χ2v) is 14.6. The summed E-state index contributed by atoms with van der Waals surface area (Å²) in [5.41, 5.74) is -0.940. The number of hydrogen-bond acceptors (Lipinski definition) is 4. The van der Waals surface area contributed by atoms with E-state index in [1.807, 2.05) is 13.0 Å². The molecule has 5 rings (SSSR count). The maximum atomic E-state index is 14.3. The Hall–Kier alpha value is -1.47.